The molecule has 4 N–H and O–H groups in total. The second-order valence-electron chi connectivity index (χ2n) is 9.58. The zero-order chi connectivity index (χ0) is 28.5. The highest BCUT2D eigenvalue weighted by Gasteiger charge is 2.45. The molecule has 0 bridgehead atoms. The predicted molar refractivity (Wildman–Crippen MR) is 135 cm³/mol. The maximum Gasteiger partial charge on any atom is 0.347 e. The van der Waals surface area contributed by atoms with E-state index in [2.05, 4.69) is 5.32 Å². The van der Waals surface area contributed by atoms with E-state index in [9.17, 15) is 34.5 Å². The molecule has 2 aliphatic rings. The van der Waals surface area contributed by atoms with Crippen LogP contribution in [0.5, 0.6) is 0 Å². The Balaban J connectivity index is 1.33. The van der Waals surface area contributed by atoms with Gasteiger partial charge in [0.1, 0.15) is 30.1 Å². The molecule has 0 spiro atoms. The number of aliphatic hydroxyl groups is 3. The molecule has 1 amide bonds. The number of esters is 2. The average Bonchev–Trinajstić information content (AvgIpc) is 3.21. The Bertz CT molecular complexity index is 1040. The molecule has 12 nitrogen and oxygen atoms in total. The molecule has 5 unspecified atom stereocenters. The number of carbonyl (C=O) groups excluding carboxylic acids is 4. The molecule has 12 heteroatoms. The summed E-state index contributed by atoms with van der Waals surface area (Å²) >= 11 is 0. The molecule has 5 atom stereocenters. The van der Waals surface area contributed by atoms with Gasteiger partial charge >= 0.3 is 11.9 Å². The van der Waals surface area contributed by atoms with E-state index in [0.29, 0.717) is 61.8 Å². The molecule has 3 rings (SSSR count). The minimum absolute atomic E-state index is 0.0573. The molecule has 0 aliphatic carbocycles. The van der Waals surface area contributed by atoms with Gasteiger partial charge in [-0.15, -0.1) is 0 Å². The molecule has 0 saturated carbocycles. The van der Waals surface area contributed by atoms with Gasteiger partial charge in [-0.05, 0) is 36.8 Å². The number of ether oxygens (including phenoxy) is 4. The lowest BCUT2D eigenvalue weighted by atomic mass is 9.93. The topological polar surface area (TPSA) is 178 Å². The fourth-order valence-corrected chi connectivity index (χ4v) is 4.76. The van der Waals surface area contributed by atoms with Gasteiger partial charge in [0.15, 0.2) is 6.29 Å². The third kappa shape index (κ3) is 7.90. The summed E-state index contributed by atoms with van der Waals surface area (Å²) in [6, 6.07) is 2.63. The summed E-state index contributed by atoms with van der Waals surface area (Å²) in [7, 11) is 0. The van der Waals surface area contributed by atoms with Gasteiger partial charge < -0.3 is 39.6 Å². The lowest BCUT2D eigenvalue weighted by Crippen LogP contribution is -2.64. The van der Waals surface area contributed by atoms with Crippen LogP contribution in [0.25, 0.3) is 0 Å². The van der Waals surface area contributed by atoms with Crippen LogP contribution in [0.4, 0.5) is 0 Å². The van der Waals surface area contributed by atoms with E-state index in [0.717, 1.165) is 5.56 Å². The Morgan fingerprint density at radius 2 is 1.64 bits per heavy atom. The fourth-order valence-electron chi connectivity index (χ4n) is 4.76. The monoisotopic (exact) mass is 551 g/mol. The fraction of sp³-hybridized carbons (Fsp3) is 0.630. The Labute approximate surface area is 226 Å². The van der Waals surface area contributed by atoms with Gasteiger partial charge in [-0.2, -0.15) is 0 Å². The van der Waals surface area contributed by atoms with Crippen molar-refractivity contribution in [2.45, 2.75) is 83.0 Å². The molecular formula is C27H37NO11. The number of fused-ring (bicyclic) bond motifs is 1. The van der Waals surface area contributed by atoms with Gasteiger partial charge in [0.25, 0.3) is 0 Å². The van der Waals surface area contributed by atoms with Crippen LogP contribution in [0.15, 0.2) is 12.1 Å². The number of carbonyl (C=O) groups is 4. The summed E-state index contributed by atoms with van der Waals surface area (Å²) in [6.45, 7) is 3.16. The van der Waals surface area contributed by atoms with Crippen LogP contribution in [0, 0.1) is 0 Å². The van der Waals surface area contributed by atoms with Crippen molar-refractivity contribution in [2.75, 3.05) is 26.4 Å². The van der Waals surface area contributed by atoms with Gasteiger partial charge in [-0.3, -0.25) is 9.59 Å². The smallest absolute Gasteiger partial charge is 0.347 e. The standard InChI is InChI=1S/C27H37NO11/c1-3-16-9-10-17(21-20(16)25(34)39-26(21)35)6-4-7-18(31)8-5-11-36-12-13-37-27-22(28-15(2)30)24(33)23(32)19(14-29)38-27/h9-10,19,22-24,27,29,32-33H,3-8,11-14H2,1-2H3,(H,28,30). The Kier molecular flexibility index (Phi) is 11.5. The van der Waals surface area contributed by atoms with Crippen LogP contribution >= 0.6 is 0 Å². The van der Waals surface area contributed by atoms with Crippen molar-refractivity contribution in [3.05, 3.63) is 34.4 Å². The van der Waals surface area contributed by atoms with Gasteiger partial charge in [0, 0.05) is 26.4 Å². The minimum Gasteiger partial charge on any atom is -0.394 e. The number of aliphatic hydroxyl groups excluding tert-OH is 3. The van der Waals surface area contributed by atoms with E-state index in [1.54, 1.807) is 0 Å². The zero-order valence-electron chi connectivity index (χ0n) is 22.2. The van der Waals surface area contributed by atoms with Crippen molar-refractivity contribution >= 4 is 23.6 Å². The van der Waals surface area contributed by atoms with Crippen LogP contribution in [0.3, 0.4) is 0 Å². The lowest BCUT2D eigenvalue weighted by Gasteiger charge is -2.42. The second kappa shape index (κ2) is 14.6. The summed E-state index contributed by atoms with van der Waals surface area (Å²) in [5, 5.41) is 32.1. The van der Waals surface area contributed by atoms with E-state index in [1.165, 1.54) is 6.92 Å². The molecule has 2 aliphatic heterocycles. The number of amides is 1. The summed E-state index contributed by atoms with van der Waals surface area (Å²) in [5.41, 5.74) is 2.15. The maximum absolute atomic E-state index is 12.3. The molecule has 2 heterocycles. The van der Waals surface area contributed by atoms with Crippen molar-refractivity contribution in [3.63, 3.8) is 0 Å². The molecule has 216 valence electrons. The number of hydrogen-bond acceptors (Lipinski definition) is 11. The number of cyclic esters (lactones) is 2. The summed E-state index contributed by atoms with van der Waals surface area (Å²) < 4.78 is 21.3. The normalized spacial score (nSPS) is 24.4. The van der Waals surface area contributed by atoms with Gasteiger partial charge in [-0.25, -0.2) is 9.59 Å². The molecule has 1 aromatic carbocycles. The van der Waals surface area contributed by atoms with Crippen LogP contribution in [-0.2, 0) is 41.4 Å². The molecule has 1 fully saturated rings. The zero-order valence-corrected chi connectivity index (χ0v) is 22.2. The van der Waals surface area contributed by atoms with Crippen LogP contribution in [-0.4, -0.2) is 96.0 Å². The van der Waals surface area contributed by atoms with Gasteiger partial charge in [0.05, 0.1) is 30.9 Å². The maximum atomic E-state index is 12.3. The quantitative estimate of drug-likeness (QED) is 0.133. The predicted octanol–water partition coefficient (Wildman–Crippen LogP) is 0.209. The minimum atomic E-state index is -1.39. The summed E-state index contributed by atoms with van der Waals surface area (Å²) in [4.78, 5) is 47.9. The Hall–Kier alpha value is -2.74. The number of hydrogen-bond donors (Lipinski definition) is 4. The third-order valence-electron chi connectivity index (χ3n) is 6.76. The largest absolute Gasteiger partial charge is 0.394 e. The molecule has 39 heavy (non-hydrogen) atoms. The molecule has 0 aromatic heterocycles. The molecule has 0 radical (unpaired) electrons. The first-order valence-corrected chi connectivity index (χ1v) is 13.2. The number of Topliss-reactive ketones (excluding diaryl/α,β-unsaturated/α-hetero) is 1. The van der Waals surface area contributed by atoms with E-state index in [-0.39, 0.29) is 19.0 Å². The van der Waals surface area contributed by atoms with Gasteiger partial charge in [-0.1, -0.05) is 19.1 Å². The SMILES string of the molecule is CCc1ccc(CCCC(=O)CCCOCCOC2OC(CO)C(O)C(O)C2NC(C)=O)c2c1C(=O)OC2=O. The van der Waals surface area contributed by atoms with Crippen molar-refractivity contribution in [3.8, 4) is 0 Å². The van der Waals surface area contributed by atoms with Crippen molar-refractivity contribution in [1.82, 2.24) is 5.32 Å². The van der Waals surface area contributed by atoms with E-state index >= 15 is 0 Å². The Morgan fingerprint density at radius 1 is 0.974 bits per heavy atom. The number of rotatable bonds is 15. The first kappa shape index (κ1) is 30.8. The molecule has 1 aromatic rings. The molecular weight excluding hydrogens is 514 g/mol. The highest BCUT2D eigenvalue weighted by molar-refractivity contribution is 6.16. The van der Waals surface area contributed by atoms with Crippen molar-refractivity contribution in [2.24, 2.45) is 0 Å². The molecule has 1 saturated heterocycles. The van der Waals surface area contributed by atoms with Crippen LogP contribution in [0.1, 0.15) is 71.4 Å². The van der Waals surface area contributed by atoms with Crippen molar-refractivity contribution in [1.29, 1.82) is 0 Å². The van der Waals surface area contributed by atoms with E-state index in [4.69, 9.17) is 18.9 Å². The number of benzene rings is 1. The van der Waals surface area contributed by atoms with Crippen LogP contribution < -0.4 is 5.32 Å². The van der Waals surface area contributed by atoms with E-state index in [1.807, 2.05) is 19.1 Å². The first-order valence-electron chi connectivity index (χ1n) is 13.2. The second-order valence-corrected chi connectivity index (χ2v) is 9.58. The van der Waals surface area contributed by atoms with Crippen LogP contribution in [0.2, 0.25) is 0 Å². The number of ketones is 1. The highest BCUT2D eigenvalue weighted by atomic mass is 16.7. The third-order valence-corrected chi connectivity index (χ3v) is 6.76. The average molecular weight is 552 g/mol. The van der Waals surface area contributed by atoms with E-state index < -0.39 is 55.1 Å². The number of aryl methyl sites for hydroxylation is 2. The highest BCUT2D eigenvalue weighted by Crippen LogP contribution is 2.29. The first-order chi connectivity index (χ1) is 18.7. The summed E-state index contributed by atoms with van der Waals surface area (Å²) in [6.07, 6.45) is -2.11. The lowest BCUT2D eigenvalue weighted by molar-refractivity contribution is -0.272. The Morgan fingerprint density at radius 3 is 2.31 bits per heavy atom. The van der Waals surface area contributed by atoms with Crippen molar-refractivity contribution < 1.29 is 53.4 Å². The van der Waals surface area contributed by atoms with Gasteiger partial charge in [0.2, 0.25) is 5.91 Å². The number of nitrogens with one attached hydrogen (secondary N) is 1. The summed E-state index contributed by atoms with van der Waals surface area (Å²) in [5.74, 6) is -1.62.